The Morgan fingerprint density at radius 3 is 2.09 bits per heavy atom. The molecule has 1 atom stereocenters. The van der Waals surface area contributed by atoms with Crippen LogP contribution in [0.15, 0.2) is 54.6 Å². The van der Waals surface area contributed by atoms with Crippen molar-refractivity contribution in [2.45, 2.75) is 26.8 Å². The van der Waals surface area contributed by atoms with Crippen molar-refractivity contribution in [2.24, 2.45) is 5.92 Å². The van der Waals surface area contributed by atoms with Crippen LogP contribution in [-0.4, -0.2) is 18.6 Å². The number of benzene rings is 2. The monoisotopic (exact) mass is 313 g/mol. The van der Waals surface area contributed by atoms with Gasteiger partial charge >= 0.3 is 0 Å². The van der Waals surface area contributed by atoms with Crippen molar-refractivity contribution in [3.8, 4) is 17.2 Å². The second kappa shape index (κ2) is 8.22. The molecule has 0 radical (unpaired) electrons. The molecule has 0 aliphatic heterocycles. The summed E-state index contributed by atoms with van der Waals surface area (Å²) in [5.41, 5.74) is 0. The smallest absolute Gasteiger partial charge is 0.258 e. The Bertz CT molecular complexity index is 608. The predicted octanol–water partition coefficient (Wildman–Crippen LogP) is 4.02. The summed E-state index contributed by atoms with van der Waals surface area (Å²) in [7, 11) is 0. The van der Waals surface area contributed by atoms with Gasteiger partial charge in [0.2, 0.25) is 0 Å². The van der Waals surface area contributed by atoms with Crippen LogP contribution in [0.2, 0.25) is 0 Å². The zero-order valence-electron chi connectivity index (χ0n) is 13.8. The van der Waals surface area contributed by atoms with Gasteiger partial charge in [-0.2, -0.15) is 0 Å². The first kappa shape index (κ1) is 16.9. The molecular formula is C19H23NO3. The van der Waals surface area contributed by atoms with Crippen LogP contribution in [0.4, 0.5) is 0 Å². The minimum absolute atomic E-state index is 0.00987. The lowest BCUT2D eigenvalue weighted by Crippen LogP contribution is -2.38. The number of ether oxygens (including phenoxy) is 2. The highest BCUT2D eigenvalue weighted by molar-refractivity contribution is 5.77. The Morgan fingerprint density at radius 2 is 1.48 bits per heavy atom. The molecule has 4 nitrogen and oxygen atoms in total. The van der Waals surface area contributed by atoms with Crippen molar-refractivity contribution in [1.82, 2.24) is 5.32 Å². The number of hydrogen-bond acceptors (Lipinski definition) is 3. The highest BCUT2D eigenvalue weighted by atomic mass is 16.5. The summed E-state index contributed by atoms with van der Waals surface area (Å²) < 4.78 is 11.2. The van der Waals surface area contributed by atoms with Gasteiger partial charge in [-0.25, -0.2) is 0 Å². The minimum atomic E-state index is -0.115. The van der Waals surface area contributed by atoms with Crippen LogP contribution in [0.3, 0.4) is 0 Å². The summed E-state index contributed by atoms with van der Waals surface area (Å²) >= 11 is 0. The largest absolute Gasteiger partial charge is 0.484 e. The summed E-state index contributed by atoms with van der Waals surface area (Å²) in [6, 6.07) is 16.9. The molecule has 2 rings (SSSR count). The maximum absolute atomic E-state index is 11.8. The molecule has 4 heteroatoms. The topological polar surface area (TPSA) is 47.6 Å². The van der Waals surface area contributed by atoms with Crippen LogP contribution in [0, 0.1) is 5.92 Å². The van der Waals surface area contributed by atoms with Gasteiger partial charge in [0.1, 0.15) is 17.2 Å². The van der Waals surface area contributed by atoms with Gasteiger partial charge in [-0.15, -0.1) is 0 Å². The molecule has 2 aromatic carbocycles. The van der Waals surface area contributed by atoms with Crippen LogP contribution in [0.1, 0.15) is 20.8 Å². The van der Waals surface area contributed by atoms with Crippen molar-refractivity contribution in [1.29, 1.82) is 0 Å². The normalized spacial score (nSPS) is 11.8. The Kier molecular flexibility index (Phi) is 6.03. The average molecular weight is 313 g/mol. The molecule has 0 saturated heterocycles. The van der Waals surface area contributed by atoms with E-state index in [0.29, 0.717) is 11.7 Å². The van der Waals surface area contributed by atoms with E-state index in [-0.39, 0.29) is 18.6 Å². The van der Waals surface area contributed by atoms with Gasteiger partial charge in [0, 0.05) is 6.04 Å². The Balaban J connectivity index is 1.82. The van der Waals surface area contributed by atoms with E-state index in [4.69, 9.17) is 9.47 Å². The molecule has 2 aromatic rings. The van der Waals surface area contributed by atoms with E-state index in [2.05, 4.69) is 19.2 Å². The molecule has 0 unspecified atom stereocenters. The summed E-state index contributed by atoms with van der Waals surface area (Å²) in [6.45, 7) is 6.13. The van der Waals surface area contributed by atoms with Crippen molar-refractivity contribution in [3.05, 3.63) is 54.6 Å². The Labute approximate surface area is 137 Å². The minimum Gasteiger partial charge on any atom is -0.484 e. The van der Waals surface area contributed by atoms with Gasteiger partial charge < -0.3 is 14.8 Å². The second-order valence-electron chi connectivity index (χ2n) is 5.78. The van der Waals surface area contributed by atoms with Gasteiger partial charge in [0.05, 0.1) is 0 Å². The molecule has 23 heavy (non-hydrogen) atoms. The van der Waals surface area contributed by atoms with E-state index in [1.807, 2.05) is 49.4 Å². The first-order valence-corrected chi connectivity index (χ1v) is 7.79. The van der Waals surface area contributed by atoms with Gasteiger partial charge in [0.25, 0.3) is 5.91 Å². The van der Waals surface area contributed by atoms with Crippen LogP contribution in [0.25, 0.3) is 0 Å². The molecule has 0 heterocycles. The van der Waals surface area contributed by atoms with Crippen molar-refractivity contribution >= 4 is 5.91 Å². The summed E-state index contributed by atoms with van der Waals surface area (Å²) in [5, 5.41) is 2.90. The Morgan fingerprint density at radius 1 is 0.913 bits per heavy atom. The van der Waals surface area contributed by atoms with Crippen LogP contribution in [-0.2, 0) is 4.79 Å². The van der Waals surface area contributed by atoms with E-state index in [0.717, 1.165) is 11.5 Å². The molecule has 0 aliphatic rings. The molecule has 0 aromatic heterocycles. The average Bonchev–Trinajstić information content (AvgIpc) is 2.55. The quantitative estimate of drug-likeness (QED) is 0.840. The fourth-order valence-electron chi connectivity index (χ4n) is 1.84. The Hall–Kier alpha value is -2.49. The van der Waals surface area contributed by atoms with Gasteiger partial charge in [-0.1, -0.05) is 32.0 Å². The molecule has 0 saturated carbocycles. The fraction of sp³-hybridized carbons (Fsp3) is 0.316. The zero-order chi connectivity index (χ0) is 16.7. The molecule has 1 amide bonds. The van der Waals surface area contributed by atoms with E-state index in [9.17, 15) is 4.79 Å². The number of carbonyl (C=O) groups excluding carboxylic acids is 1. The molecule has 0 spiro atoms. The maximum Gasteiger partial charge on any atom is 0.258 e. The highest BCUT2D eigenvalue weighted by Crippen LogP contribution is 2.23. The lowest BCUT2D eigenvalue weighted by Gasteiger charge is -2.17. The summed E-state index contributed by atoms with van der Waals surface area (Å²) in [5.74, 6) is 2.42. The lowest BCUT2D eigenvalue weighted by molar-refractivity contribution is -0.124. The van der Waals surface area contributed by atoms with Crippen molar-refractivity contribution in [2.75, 3.05) is 6.61 Å². The number of rotatable bonds is 7. The van der Waals surface area contributed by atoms with Crippen LogP contribution < -0.4 is 14.8 Å². The number of para-hydroxylation sites is 1. The van der Waals surface area contributed by atoms with E-state index in [1.165, 1.54) is 0 Å². The van der Waals surface area contributed by atoms with E-state index < -0.39 is 0 Å². The van der Waals surface area contributed by atoms with E-state index >= 15 is 0 Å². The standard InChI is InChI=1S/C19H23NO3/c1-14(2)15(3)20-19(21)13-22-16-9-11-18(12-10-16)23-17-7-5-4-6-8-17/h4-12,14-15H,13H2,1-3H3,(H,20,21)/t15-/m0/s1. The third-order valence-corrected chi connectivity index (χ3v) is 3.56. The molecular weight excluding hydrogens is 290 g/mol. The van der Waals surface area contributed by atoms with Crippen LogP contribution in [0.5, 0.6) is 17.2 Å². The predicted molar refractivity (Wildman–Crippen MR) is 90.9 cm³/mol. The van der Waals surface area contributed by atoms with E-state index in [1.54, 1.807) is 12.1 Å². The summed E-state index contributed by atoms with van der Waals surface area (Å²) in [6.07, 6.45) is 0. The third-order valence-electron chi connectivity index (χ3n) is 3.56. The lowest BCUT2D eigenvalue weighted by atomic mass is 10.1. The summed E-state index contributed by atoms with van der Waals surface area (Å²) in [4.78, 5) is 11.8. The van der Waals surface area contributed by atoms with Gasteiger partial charge in [-0.05, 0) is 49.2 Å². The highest BCUT2D eigenvalue weighted by Gasteiger charge is 2.11. The maximum atomic E-state index is 11.8. The first-order chi connectivity index (χ1) is 11.0. The first-order valence-electron chi connectivity index (χ1n) is 7.79. The van der Waals surface area contributed by atoms with Crippen molar-refractivity contribution < 1.29 is 14.3 Å². The number of amides is 1. The molecule has 1 N–H and O–H groups in total. The fourth-order valence-corrected chi connectivity index (χ4v) is 1.84. The van der Waals surface area contributed by atoms with Crippen LogP contribution >= 0.6 is 0 Å². The molecule has 0 aliphatic carbocycles. The van der Waals surface area contributed by atoms with Gasteiger partial charge in [0.15, 0.2) is 6.61 Å². The molecule has 122 valence electrons. The zero-order valence-corrected chi connectivity index (χ0v) is 13.8. The third kappa shape index (κ3) is 5.66. The number of hydrogen-bond donors (Lipinski definition) is 1. The van der Waals surface area contributed by atoms with Crippen molar-refractivity contribution in [3.63, 3.8) is 0 Å². The molecule has 0 bridgehead atoms. The number of nitrogens with one attached hydrogen (secondary N) is 1. The second-order valence-corrected chi connectivity index (χ2v) is 5.78. The molecule has 0 fully saturated rings. The van der Waals surface area contributed by atoms with Gasteiger partial charge in [-0.3, -0.25) is 4.79 Å². The number of carbonyl (C=O) groups is 1. The SMILES string of the molecule is CC(C)[C@H](C)NC(=O)COc1ccc(Oc2ccccc2)cc1.